The normalized spacial score (nSPS) is 46.5. The van der Waals surface area contributed by atoms with Gasteiger partial charge in [0.05, 0.1) is 0 Å². The fourth-order valence-corrected chi connectivity index (χ4v) is 3.14. The molecule has 4 atom stereocenters. The molecular weight excluding hydrogens is 166 g/mol. The van der Waals surface area contributed by atoms with Crippen molar-refractivity contribution >= 4 is 11.8 Å². The summed E-state index contributed by atoms with van der Waals surface area (Å²) in [6, 6.07) is 0.817. The van der Waals surface area contributed by atoms with Crippen molar-refractivity contribution in [3.63, 3.8) is 0 Å². The Kier molecular flexibility index (Phi) is 2.66. The van der Waals surface area contributed by atoms with E-state index in [9.17, 15) is 0 Å². The van der Waals surface area contributed by atoms with Gasteiger partial charge in [0.25, 0.3) is 0 Å². The minimum Gasteiger partial charge on any atom is -0.313 e. The van der Waals surface area contributed by atoms with Gasteiger partial charge in [-0.05, 0) is 31.2 Å². The van der Waals surface area contributed by atoms with Crippen molar-refractivity contribution < 1.29 is 0 Å². The standard InChI is InChI=1S/C10H19NS/c1-7-3-9(7)5-11-10-4-8(2)12-6-10/h7-11H,3-6H2,1-2H3. The molecule has 12 heavy (non-hydrogen) atoms. The molecule has 0 amide bonds. The van der Waals surface area contributed by atoms with Crippen molar-refractivity contribution in [3.8, 4) is 0 Å². The number of thioether (sulfide) groups is 1. The average molecular weight is 185 g/mol. The molecule has 2 rings (SSSR count). The molecule has 0 radical (unpaired) electrons. The van der Waals surface area contributed by atoms with Gasteiger partial charge < -0.3 is 5.32 Å². The molecule has 1 N–H and O–H groups in total. The van der Waals surface area contributed by atoms with Crippen LogP contribution in [-0.4, -0.2) is 23.6 Å². The molecule has 1 saturated heterocycles. The third-order valence-electron chi connectivity index (χ3n) is 3.14. The Morgan fingerprint density at radius 3 is 2.58 bits per heavy atom. The number of hydrogen-bond acceptors (Lipinski definition) is 2. The van der Waals surface area contributed by atoms with Gasteiger partial charge in [0.1, 0.15) is 0 Å². The van der Waals surface area contributed by atoms with Crippen LogP contribution >= 0.6 is 11.8 Å². The predicted octanol–water partition coefficient (Wildman–Crippen LogP) is 2.13. The molecule has 70 valence electrons. The number of nitrogens with one attached hydrogen (secondary N) is 1. The van der Waals surface area contributed by atoms with Gasteiger partial charge in [-0.1, -0.05) is 13.8 Å². The highest BCUT2D eigenvalue weighted by molar-refractivity contribution is 8.00. The molecule has 2 heteroatoms. The maximum absolute atomic E-state index is 3.68. The first-order chi connectivity index (χ1) is 5.75. The molecule has 0 aromatic rings. The molecule has 0 spiro atoms. The number of hydrogen-bond donors (Lipinski definition) is 1. The summed E-state index contributed by atoms with van der Waals surface area (Å²) in [5.41, 5.74) is 0. The molecule has 0 aromatic heterocycles. The Balaban J connectivity index is 1.61. The van der Waals surface area contributed by atoms with E-state index in [0.717, 1.165) is 23.1 Å². The Morgan fingerprint density at radius 2 is 2.08 bits per heavy atom. The second-order valence-electron chi connectivity index (χ2n) is 4.46. The monoisotopic (exact) mass is 185 g/mol. The summed E-state index contributed by atoms with van der Waals surface area (Å²) in [5.74, 6) is 3.34. The highest BCUT2D eigenvalue weighted by Gasteiger charge is 2.33. The minimum atomic E-state index is 0.817. The first-order valence-electron chi connectivity index (χ1n) is 5.10. The van der Waals surface area contributed by atoms with Gasteiger partial charge in [0, 0.05) is 17.0 Å². The van der Waals surface area contributed by atoms with Crippen LogP contribution in [0.3, 0.4) is 0 Å². The van der Waals surface area contributed by atoms with E-state index in [1.165, 1.54) is 25.1 Å². The molecule has 1 saturated carbocycles. The van der Waals surface area contributed by atoms with Gasteiger partial charge in [0.2, 0.25) is 0 Å². The van der Waals surface area contributed by atoms with E-state index in [1.807, 2.05) is 0 Å². The third kappa shape index (κ3) is 2.17. The molecule has 2 aliphatic rings. The van der Waals surface area contributed by atoms with Crippen LogP contribution in [0.1, 0.15) is 26.7 Å². The topological polar surface area (TPSA) is 12.0 Å². The van der Waals surface area contributed by atoms with Gasteiger partial charge in [0.15, 0.2) is 0 Å². The molecule has 2 fully saturated rings. The Bertz CT molecular complexity index is 160. The highest BCUT2D eigenvalue weighted by atomic mass is 32.2. The van der Waals surface area contributed by atoms with E-state index >= 15 is 0 Å². The summed E-state index contributed by atoms with van der Waals surface area (Å²) >= 11 is 2.12. The second-order valence-corrected chi connectivity index (χ2v) is 5.93. The maximum Gasteiger partial charge on any atom is 0.0168 e. The molecule has 1 nitrogen and oxygen atoms in total. The van der Waals surface area contributed by atoms with Gasteiger partial charge in [-0.3, -0.25) is 0 Å². The zero-order valence-electron chi connectivity index (χ0n) is 8.05. The Morgan fingerprint density at radius 1 is 1.33 bits per heavy atom. The van der Waals surface area contributed by atoms with E-state index in [1.54, 1.807) is 0 Å². The molecule has 1 aliphatic heterocycles. The Hall–Kier alpha value is 0.310. The maximum atomic E-state index is 3.68. The van der Waals surface area contributed by atoms with Crippen LogP contribution in [0.15, 0.2) is 0 Å². The van der Waals surface area contributed by atoms with Gasteiger partial charge in [-0.15, -0.1) is 0 Å². The van der Waals surface area contributed by atoms with Crippen LogP contribution in [0.5, 0.6) is 0 Å². The smallest absolute Gasteiger partial charge is 0.0168 e. The van der Waals surface area contributed by atoms with Crippen molar-refractivity contribution in [2.45, 2.75) is 38.0 Å². The first-order valence-corrected chi connectivity index (χ1v) is 6.15. The molecule has 1 aliphatic carbocycles. The average Bonchev–Trinajstić information content (AvgIpc) is 2.56. The van der Waals surface area contributed by atoms with E-state index in [2.05, 4.69) is 30.9 Å². The lowest BCUT2D eigenvalue weighted by Gasteiger charge is -2.10. The number of rotatable bonds is 3. The van der Waals surface area contributed by atoms with Crippen LogP contribution in [-0.2, 0) is 0 Å². The highest BCUT2D eigenvalue weighted by Crippen LogP contribution is 2.37. The summed E-state index contributed by atoms with van der Waals surface area (Å²) < 4.78 is 0. The zero-order valence-corrected chi connectivity index (χ0v) is 8.86. The van der Waals surface area contributed by atoms with Gasteiger partial charge >= 0.3 is 0 Å². The minimum absolute atomic E-state index is 0.817. The van der Waals surface area contributed by atoms with Crippen molar-refractivity contribution in [1.29, 1.82) is 0 Å². The largest absolute Gasteiger partial charge is 0.313 e. The van der Waals surface area contributed by atoms with E-state index < -0.39 is 0 Å². The van der Waals surface area contributed by atoms with E-state index in [0.29, 0.717) is 0 Å². The summed E-state index contributed by atoms with van der Waals surface area (Å²) in [6.07, 6.45) is 2.84. The molecule has 0 aromatic carbocycles. The van der Waals surface area contributed by atoms with Crippen molar-refractivity contribution in [3.05, 3.63) is 0 Å². The molecular formula is C10H19NS. The van der Waals surface area contributed by atoms with Gasteiger partial charge in [-0.2, -0.15) is 11.8 Å². The molecule has 1 heterocycles. The predicted molar refractivity (Wildman–Crippen MR) is 55.6 cm³/mol. The molecule has 4 unspecified atom stereocenters. The Labute approximate surface area is 79.7 Å². The van der Waals surface area contributed by atoms with Crippen LogP contribution in [0.4, 0.5) is 0 Å². The fourth-order valence-electron chi connectivity index (χ4n) is 1.96. The summed E-state index contributed by atoms with van der Waals surface area (Å²) in [5, 5.41) is 4.57. The SMILES string of the molecule is CC1CC(NCC2CC2C)CS1. The third-order valence-corrected chi connectivity index (χ3v) is 4.50. The summed E-state index contributed by atoms with van der Waals surface area (Å²) in [7, 11) is 0. The quantitative estimate of drug-likeness (QED) is 0.723. The van der Waals surface area contributed by atoms with E-state index in [-0.39, 0.29) is 0 Å². The lowest BCUT2D eigenvalue weighted by molar-refractivity contribution is 0.510. The molecule has 0 bridgehead atoms. The van der Waals surface area contributed by atoms with Crippen molar-refractivity contribution in [2.24, 2.45) is 11.8 Å². The van der Waals surface area contributed by atoms with Crippen LogP contribution in [0.25, 0.3) is 0 Å². The lowest BCUT2D eigenvalue weighted by Crippen LogP contribution is -2.31. The van der Waals surface area contributed by atoms with E-state index in [4.69, 9.17) is 0 Å². The van der Waals surface area contributed by atoms with Gasteiger partial charge in [-0.25, -0.2) is 0 Å². The summed E-state index contributed by atoms with van der Waals surface area (Å²) in [6.45, 7) is 5.98. The van der Waals surface area contributed by atoms with Crippen molar-refractivity contribution in [1.82, 2.24) is 5.32 Å². The lowest BCUT2D eigenvalue weighted by atomic mass is 10.2. The first kappa shape index (κ1) is 8.89. The van der Waals surface area contributed by atoms with Crippen molar-refractivity contribution in [2.75, 3.05) is 12.3 Å². The zero-order chi connectivity index (χ0) is 8.55. The van der Waals surface area contributed by atoms with Crippen LogP contribution in [0.2, 0.25) is 0 Å². The fraction of sp³-hybridized carbons (Fsp3) is 1.00. The second kappa shape index (κ2) is 3.59. The summed E-state index contributed by atoms with van der Waals surface area (Å²) in [4.78, 5) is 0. The van der Waals surface area contributed by atoms with Crippen LogP contribution < -0.4 is 5.32 Å². The van der Waals surface area contributed by atoms with Crippen LogP contribution in [0, 0.1) is 11.8 Å².